The summed E-state index contributed by atoms with van der Waals surface area (Å²) in [6, 6.07) is 1.79. The topological polar surface area (TPSA) is 102 Å². The van der Waals surface area contributed by atoms with Crippen molar-refractivity contribution in [2.24, 2.45) is 0 Å². The Kier molecular flexibility index (Phi) is 6.98. The average molecular weight is 543 g/mol. The van der Waals surface area contributed by atoms with E-state index >= 15 is 0 Å². The normalized spacial score (nSPS) is 13.9. The summed E-state index contributed by atoms with van der Waals surface area (Å²) in [6.07, 6.45) is 5.22. The van der Waals surface area contributed by atoms with Gasteiger partial charge in [0.05, 0.1) is 58.6 Å². The van der Waals surface area contributed by atoms with Crippen LogP contribution in [0, 0.1) is 12.7 Å². The van der Waals surface area contributed by atoms with Gasteiger partial charge in [-0.2, -0.15) is 5.10 Å². The molecule has 9 nitrogen and oxygen atoms in total. The van der Waals surface area contributed by atoms with Crippen molar-refractivity contribution in [1.82, 2.24) is 29.7 Å². The van der Waals surface area contributed by atoms with Crippen LogP contribution in [0.15, 0.2) is 43.1 Å². The number of halogens is 4. The lowest BCUT2D eigenvalue weighted by atomic mass is 10.0. The largest absolute Gasteiger partial charge is 0.355 e. The van der Waals surface area contributed by atoms with E-state index in [4.69, 9.17) is 11.6 Å². The molecule has 1 unspecified atom stereocenters. The molecule has 1 fully saturated rings. The van der Waals surface area contributed by atoms with Gasteiger partial charge in [-0.3, -0.25) is 19.4 Å². The van der Waals surface area contributed by atoms with Crippen LogP contribution in [0.4, 0.5) is 24.7 Å². The van der Waals surface area contributed by atoms with Crippen LogP contribution in [-0.2, 0) is 0 Å². The fraction of sp³-hybridized carbons (Fsp3) is 0.280. The Labute approximate surface area is 220 Å². The van der Waals surface area contributed by atoms with E-state index in [1.807, 2.05) is 13.8 Å². The van der Waals surface area contributed by atoms with E-state index in [1.165, 1.54) is 6.20 Å². The molecule has 1 aromatic carbocycles. The van der Waals surface area contributed by atoms with Crippen LogP contribution in [0.1, 0.15) is 53.3 Å². The van der Waals surface area contributed by atoms with Crippen LogP contribution in [0.2, 0.25) is 5.02 Å². The molecule has 38 heavy (non-hydrogen) atoms. The number of aromatic nitrogens is 6. The van der Waals surface area contributed by atoms with Crippen molar-refractivity contribution < 1.29 is 18.0 Å². The number of carbonyl (C=O) groups excluding carboxylic acids is 1. The number of rotatable bonds is 7. The summed E-state index contributed by atoms with van der Waals surface area (Å²) in [4.78, 5) is 32.2. The minimum atomic E-state index is -2.98. The van der Waals surface area contributed by atoms with Gasteiger partial charge >= 0.3 is 0 Å². The molecule has 0 spiro atoms. The number of amides is 1. The van der Waals surface area contributed by atoms with E-state index in [-0.39, 0.29) is 22.5 Å². The molecule has 3 aromatic heterocycles. The number of hydrogen-bond acceptors (Lipinski definition) is 7. The third-order valence-electron chi connectivity index (χ3n) is 6.29. The molecule has 1 saturated heterocycles. The first-order valence-corrected chi connectivity index (χ1v) is 12.1. The fourth-order valence-electron chi connectivity index (χ4n) is 4.12. The minimum Gasteiger partial charge on any atom is -0.355 e. The van der Waals surface area contributed by atoms with E-state index in [1.54, 1.807) is 17.1 Å². The van der Waals surface area contributed by atoms with Crippen molar-refractivity contribution in [3.63, 3.8) is 0 Å². The minimum absolute atomic E-state index is 0.203. The predicted molar refractivity (Wildman–Crippen MR) is 135 cm³/mol. The summed E-state index contributed by atoms with van der Waals surface area (Å²) in [5, 5.41) is 6.62. The van der Waals surface area contributed by atoms with E-state index in [2.05, 4.69) is 35.3 Å². The Hall–Kier alpha value is -4.06. The lowest BCUT2D eigenvalue weighted by molar-refractivity contribution is 0.102. The van der Waals surface area contributed by atoms with Crippen LogP contribution in [0.25, 0.3) is 11.3 Å². The predicted octanol–water partition coefficient (Wildman–Crippen LogP) is 5.24. The molecule has 0 aliphatic carbocycles. The van der Waals surface area contributed by atoms with Crippen molar-refractivity contribution in [1.29, 1.82) is 0 Å². The zero-order valence-corrected chi connectivity index (χ0v) is 21.1. The molecule has 1 aliphatic rings. The summed E-state index contributed by atoms with van der Waals surface area (Å²) >= 11 is 5.80. The number of hydrogen-bond donors (Lipinski definition) is 1. The van der Waals surface area contributed by atoms with Crippen LogP contribution in [0.3, 0.4) is 0 Å². The maximum atomic E-state index is 14.7. The van der Waals surface area contributed by atoms with E-state index in [0.717, 1.165) is 61.2 Å². The highest BCUT2D eigenvalue weighted by molar-refractivity contribution is 6.31. The first-order chi connectivity index (χ1) is 18.2. The lowest BCUT2D eigenvalue weighted by Crippen LogP contribution is -2.37. The number of nitrogens with zero attached hydrogens (tertiary/aromatic N) is 7. The molecular formula is C25H22ClF3N8O. The van der Waals surface area contributed by atoms with E-state index in [0.29, 0.717) is 5.69 Å². The maximum Gasteiger partial charge on any atom is 0.275 e. The Morgan fingerprint density at radius 3 is 2.61 bits per heavy atom. The number of carbonyl (C=O) groups is 1. The van der Waals surface area contributed by atoms with Gasteiger partial charge in [0.2, 0.25) is 0 Å². The molecule has 1 aliphatic heterocycles. The quantitative estimate of drug-likeness (QED) is 0.341. The first kappa shape index (κ1) is 25.6. The second kappa shape index (κ2) is 10.4. The fourth-order valence-corrected chi connectivity index (χ4v) is 4.28. The number of anilines is 2. The molecule has 0 bridgehead atoms. The molecular weight excluding hydrogens is 521 g/mol. The van der Waals surface area contributed by atoms with Crippen LogP contribution in [0.5, 0.6) is 0 Å². The highest BCUT2D eigenvalue weighted by Gasteiger charge is 2.23. The van der Waals surface area contributed by atoms with Crippen molar-refractivity contribution in [3.8, 4) is 11.3 Å². The van der Waals surface area contributed by atoms with Gasteiger partial charge in [0, 0.05) is 30.4 Å². The summed E-state index contributed by atoms with van der Waals surface area (Å²) < 4.78 is 43.3. The van der Waals surface area contributed by atoms with Gasteiger partial charge in [-0.15, -0.1) is 0 Å². The summed E-state index contributed by atoms with van der Waals surface area (Å²) in [6.45, 7) is 5.75. The van der Waals surface area contributed by atoms with E-state index < -0.39 is 29.3 Å². The summed E-state index contributed by atoms with van der Waals surface area (Å²) in [5.74, 6) is -0.898. The first-order valence-electron chi connectivity index (χ1n) is 11.8. The number of benzene rings is 1. The van der Waals surface area contributed by atoms with Gasteiger partial charge < -0.3 is 10.2 Å². The molecule has 0 saturated carbocycles. The number of aryl methyl sites for hydroxylation is 1. The zero-order chi connectivity index (χ0) is 27.0. The molecule has 5 rings (SSSR count). The molecule has 1 amide bonds. The molecule has 1 atom stereocenters. The Bertz CT molecular complexity index is 1510. The molecule has 4 heterocycles. The second-order valence-electron chi connectivity index (χ2n) is 8.79. The highest BCUT2D eigenvalue weighted by atomic mass is 35.5. The van der Waals surface area contributed by atoms with Crippen LogP contribution < -0.4 is 10.2 Å². The second-order valence-corrected chi connectivity index (χ2v) is 9.20. The van der Waals surface area contributed by atoms with Gasteiger partial charge in [0.1, 0.15) is 11.5 Å². The summed E-state index contributed by atoms with van der Waals surface area (Å²) in [5.41, 5.74) is 0.329. The Morgan fingerprint density at radius 1 is 1.13 bits per heavy atom. The Morgan fingerprint density at radius 2 is 1.92 bits per heavy atom. The molecule has 13 heteroatoms. The van der Waals surface area contributed by atoms with Crippen molar-refractivity contribution >= 4 is 29.0 Å². The van der Waals surface area contributed by atoms with Crippen LogP contribution >= 0.6 is 11.6 Å². The number of alkyl halides is 2. The van der Waals surface area contributed by atoms with Gasteiger partial charge in [-0.05, 0) is 26.3 Å². The Balaban J connectivity index is 1.34. The van der Waals surface area contributed by atoms with Gasteiger partial charge in [0.25, 0.3) is 12.3 Å². The maximum absolute atomic E-state index is 14.7. The third-order valence-corrected chi connectivity index (χ3v) is 6.58. The van der Waals surface area contributed by atoms with Crippen LogP contribution in [-0.4, -0.2) is 48.7 Å². The number of nitrogens with one attached hydrogen (secondary N) is 1. The smallest absolute Gasteiger partial charge is 0.275 e. The summed E-state index contributed by atoms with van der Waals surface area (Å²) in [7, 11) is 0. The van der Waals surface area contributed by atoms with Gasteiger partial charge in [-0.1, -0.05) is 17.7 Å². The van der Waals surface area contributed by atoms with Crippen molar-refractivity contribution in [3.05, 3.63) is 76.6 Å². The molecule has 0 radical (unpaired) electrons. The van der Waals surface area contributed by atoms with Gasteiger partial charge in [-0.25, -0.2) is 23.1 Å². The third kappa shape index (κ3) is 4.91. The standard InChI is InChI=1S/C25H22ClF3N8O/c1-13-23(31-11-20(33-13)36-6-3-7-36)14(2)37-12-15(8-32-37)34-25(38)19-10-30-9-18(35-19)21-16(24(28)29)4-5-17(26)22(21)27/h4-5,8-12,14,24H,3,6-7H2,1-2H3,(H,34,38). The monoisotopic (exact) mass is 542 g/mol. The molecule has 196 valence electrons. The van der Waals surface area contributed by atoms with Crippen molar-refractivity contribution in [2.75, 3.05) is 23.3 Å². The molecule has 4 aromatic rings. The van der Waals surface area contributed by atoms with E-state index in [9.17, 15) is 18.0 Å². The molecule has 1 N–H and O–H groups in total. The van der Waals surface area contributed by atoms with Crippen molar-refractivity contribution in [2.45, 2.75) is 32.7 Å². The SMILES string of the molecule is Cc1nc(N2CCC2)cnc1C(C)n1cc(NC(=O)c2cncc(-c3c(C(F)F)ccc(Cl)c3F)n2)cn1. The highest BCUT2D eigenvalue weighted by Crippen LogP contribution is 2.35. The zero-order valence-electron chi connectivity index (χ0n) is 20.4. The van der Waals surface area contributed by atoms with Gasteiger partial charge in [0.15, 0.2) is 5.82 Å². The lowest BCUT2D eigenvalue weighted by Gasteiger charge is -2.32. The average Bonchev–Trinajstić information content (AvgIpc) is 3.32.